The second kappa shape index (κ2) is 5.74. The van der Waals surface area contributed by atoms with Crippen molar-refractivity contribution in [3.05, 3.63) is 74.6 Å². The summed E-state index contributed by atoms with van der Waals surface area (Å²) in [6.07, 6.45) is 0. The van der Waals surface area contributed by atoms with E-state index in [1.807, 2.05) is 43.3 Å². The van der Waals surface area contributed by atoms with Gasteiger partial charge in [-0.3, -0.25) is 0 Å². The predicted octanol–water partition coefficient (Wildman–Crippen LogP) is 4.44. The molecule has 0 aliphatic heterocycles. The lowest BCUT2D eigenvalue weighted by atomic mass is 10.1. The van der Waals surface area contributed by atoms with Gasteiger partial charge in [-0.1, -0.05) is 45.8 Å². The molecule has 0 amide bonds. The number of aryl methyl sites for hydroxylation is 1. The summed E-state index contributed by atoms with van der Waals surface area (Å²) in [5.74, 6) is 0.542. The van der Waals surface area contributed by atoms with E-state index < -0.39 is 5.63 Å². The zero-order valence-corrected chi connectivity index (χ0v) is 13.0. The van der Waals surface area contributed by atoms with Crippen molar-refractivity contribution in [3.8, 4) is 5.75 Å². The van der Waals surface area contributed by atoms with Crippen LogP contribution < -0.4 is 10.4 Å². The molecule has 0 unspecified atom stereocenters. The van der Waals surface area contributed by atoms with Gasteiger partial charge in [-0.15, -0.1) is 0 Å². The third kappa shape index (κ3) is 3.00. The Labute approximate surface area is 130 Å². The monoisotopic (exact) mass is 344 g/mol. The van der Waals surface area contributed by atoms with Crippen molar-refractivity contribution in [3.63, 3.8) is 0 Å². The zero-order chi connectivity index (χ0) is 14.8. The summed E-state index contributed by atoms with van der Waals surface area (Å²) in [6, 6.07) is 14.9. The summed E-state index contributed by atoms with van der Waals surface area (Å²) in [4.78, 5) is 11.6. The Morgan fingerprint density at radius 3 is 2.76 bits per heavy atom. The van der Waals surface area contributed by atoms with Crippen molar-refractivity contribution in [2.24, 2.45) is 0 Å². The van der Waals surface area contributed by atoms with Gasteiger partial charge >= 0.3 is 5.63 Å². The number of fused-ring (bicyclic) bond motifs is 1. The molecule has 4 heteroatoms. The van der Waals surface area contributed by atoms with Gasteiger partial charge in [-0.25, -0.2) is 4.79 Å². The molecule has 0 N–H and O–H groups in total. The van der Waals surface area contributed by atoms with Crippen LogP contribution in [0.3, 0.4) is 0 Å². The smallest absolute Gasteiger partial charge is 0.339 e. The third-order valence-corrected chi connectivity index (χ3v) is 3.97. The molecule has 0 aliphatic rings. The molecule has 1 aromatic heterocycles. The predicted molar refractivity (Wildman–Crippen MR) is 85.7 cm³/mol. The van der Waals surface area contributed by atoms with E-state index in [-0.39, 0.29) is 0 Å². The highest BCUT2D eigenvalue weighted by molar-refractivity contribution is 9.10. The maximum absolute atomic E-state index is 11.6. The van der Waals surface area contributed by atoms with Gasteiger partial charge in [0.15, 0.2) is 0 Å². The number of benzene rings is 2. The molecule has 3 rings (SSSR count). The van der Waals surface area contributed by atoms with Gasteiger partial charge < -0.3 is 9.15 Å². The van der Waals surface area contributed by atoms with Crippen molar-refractivity contribution < 1.29 is 9.15 Å². The second-order valence-electron chi connectivity index (χ2n) is 4.81. The Bertz CT molecular complexity index is 852. The first kappa shape index (κ1) is 13.9. The van der Waals surface area contributed by atoms with Crippen molar-refractivity contribution in [2.75, 3.05) is 0 Å². The van der Waals surface area contributed by atoms with Crippen LogP contribution in [0, 0.1) is 6.92 Å². The van der Waals surface area contributed by atoms with E-state index >= 15 is 0 Å². The highest BCUT2D eigenvalue weighted by atomic mass is 79.9. The van der Waals surface area contributed by atoms with Gasteiger partial charge in [-0.2, -0.15) is 0 Å². The molecule has 106 valence electrons. The lowest BCUT2D eigenvalue weighted by Gasteiger charge is -2.10. The number of rotatable bonds is 3. The normalized spacial score (nSPS) is 10.8. The minimum absolute atomic E-state index is 0.383. The van der Waals surface area contributed by atoms with Crippen molar-refractivity contribution in [2.45, 2.75) is 13.5 Å². The van der Waals surface area contributed by atoms with Crippen LogP contribution in [0.1, 0.15) is 11.1 Å². The maximum atomic E-state index is 11.6. The van der Waals surface area contributed by atoms with Crippen molar-refractivity contribution >= 4 is 26.9 Å². The molecule has 0 bridgehead atoms. The molecule has 2 aromatic carbocycles. The fourth-order valence-corrected chi connectivity index (χ4v) is 2.54. The SMILES string of the molecule is Cc1ccc2oc(=O)cc(OCc3ccccc3Br)c2c1. The molecule has 0 fully saturated rings. The molecular formula is C17H13BrO3. The number of ether oxygens (including phenoxy) is 1. The molecule has 0 saturated carbocycles. The Morgan fingerprint density at radius 2 is 1.95 bits per heavy atom. The quantitative estimate of drug-likeness (QED) is 0.659. The summed E-state index contributed by atoms with van der Waals surface area (Å²) < 4.78 is 12.0. The van der Waals surface area contributed by atoms with Gasteiger partial charge in [-0.05, 0) is 25.1 Å². The van der Waals surface area contributed by atoms with Crippen LogP contribution in [0.2, 0.25) is 0 Å². The first-order valence-corrected chi connectivity index (χ1v) is 7.33. The maximum Gasteiger partial charge on any atom is 0.339 e. The standard InChI is InChI=1S/C17H13BrO3/c1-11-6-7-15-13(8-11)16(9-17(19)21-15)20-10-12-4-2-3-5-14(12)18/h2-9H,10H2,1H3. The van der Waals surface area contributed by atoms with Gasteiger partial charge in [0.05, 0.1) is 11.5 Å². The van der Waals surface area contributed by atoms with Gasteiger partial charge in [0, 0.05) is 10.0 Å². The molecular weight excluding hydrogens is 332 g/mol. The van der Waals surface area contributed by atoms with E-state index in [0.29, 0.717) is 17.9 Å². The Kier molecular flexibility index (Phi) is 3.80. The molecule has 0 atom stereocenters. The van der Waals surface area contributed by atoms with Gasteiger partial charge in [0.1, 0.15) is 17.9 Å². The van der Waals surface area contributed by atoms with Crippen LogP contribution in [0.5, 0.6) is 5.75 Å². The van der Waals surface area contributed by atoms with E-state index in [0.717, 1.165) is 21.0 Å². The summed E-state index contributed by atoms with van der Waals surface area (Å²) >= 11 is 3.49. The molecule has 0 spiro atoms. The second-order valence-corrected chi connectivity index (χ2v) is 5.66. The van der Waals surface area contributed by atoms with E-state index in [2.05, 4.69) is 15.9 Å². The summed E-state index contributed by atoms with van der Waals surface area (Å²) in [7, 11) is 0. The fourth-order valence-electron chi connectivity index (χ4n) is 2.14. The molecule has 3 nitrogen and oxygen atoms in total. The number of halogens is 1. The lowest BCUT2D eigenvalue weighted by Crippen LogP contribution is -2.02. The van der Waals surface area contributed by atoms with Crippen LogP contribution in [-0.4, -0.2) is 0 Å². The van der Waals surface area contributed by atoms with Gasteiger partial charge in [0.25, 0.3) is 0 Å². The highest BCUT2D eigenvalue weighted by Crippen LogP contribution is 2.26. The lowest BCUT2D eigenvalue weighted by molar-refractivity contribution is 0.306. The molecule has 0 saturated heterocycles. The Morgan fingerprint density at radius 1 is 1.14 bits per heavy atom. The topological polar surface area (TPSA) is 39.4 Å². The van der Waals surface area contributed by atoms with Crippen LogP contribution in [0.25, 0.3) is 11.0 Å². The molecule has 3 aromatic rings. The summed E-state index contributed by atoms with van der Waals surface area (Å²) in [5, 5.41) is 0.807. The van der Waals surface area contributed by atoms with Crippen molar-refractivity contribution in [1.82, 2.24) is 0 Å². The largest absolute Gasteiger partial charge is 0.488 e. The molecule has 0 radical (unpaired) electrons. The van der Waals surface area contributed by atoms with Crippen LogP contribution in [0.4, 0.5) is 0 Å². The van der Waals surface area contributed by atoms with E-state index in [1.54, 1.807) is 6.07 Å². The van der Waals surface area contributed by atoms with Crippen LogP contribution in [-0.2, 0) is 6.61 Å². The van der Waals surface area contributed by atoms with Crippen LogP contribution >= 0.6 is 15.9 Å². The highest BCUT2D eigenvalue weighted by Gasteiger charge is 2.08. The third-order valence-electron chi connectivity index (χ3n) is 3.20. The molecule has 1 heterocycles. The fraction of sp³-hybridized carbons (Fsp3) is 0.118. The molecule has 21 heavy (non-hydrogen) atoms. The Balaban J connectivity index is 1.98. The minimum Gasteiger partial charge on any atom is -0.488 e. The first-order chi connectivity index (χ1) is 10.1. The van der Waals surface area contributed by atoms with Crippen LogP contribution in [0.15, 0.2) is 62.2 Å². The van der Waals surface area contributed by atoms with E-state index in [9.17, 15) is 4.79 Å². The van der Waals surface area contributed by atoms with Gasteiger partial charge in [0.2, 0.25) is 0 Å². The van der Waals surface area contributed by atoms with E-state index in [1.165, 1.54) is 6.07 Å². The Hall–Kier alpha value is -2.07. The number of hydrogen-bond acceptors (Lipinski definition) is 3. The first-order valence-electron chi connectivity index (χ1n) is 6.54. The average Bonchev–Trinajstić information content (AvgIpc) is 2.47. The minimum atomic E-state index is -0.409. The average molecular weight is 345 g/mol. The number of hydrogen-bond donors (Lipinski definition) is 0. The van der Waals surface area contributed by atoms with Crippen molar-refractivity contribution in [1.29, 1.82) is 0 Å². The summed E-state index contributed by atoms with van der Waals surface area (Å²) in [6.45, 7) is 2.37. The summed E-state index contributed by atoms with van der Waals surface area (Å²) in [5.41, 5.74) is 2.23. The molecule has 0 aliphatic carbocycles. The van der Waals surface area contributed by atoms with E-state index in [4.69, 9.17) is 9.15 Å². The zero-order valence-electron chi connectivity index (χ0n) is 11.4.